The summed E-state index contributed by atoms with van der Waals surface area (Å²) in [6, 6.07) is 3.06. The molecule has 3 nitrogen and oxygen atoms in total. The molecule has 84 valence electrons. The molecule has 0 unspecified atom stereocenters. The number of hydrazone groups is 1. The minimum absolute atomic E-state index is 0. The molecule has 14 heavy (non-hydrogen) atoms. The second-order valence-corrected chi connectivity index (χ2v) is 2.92. The molecule has 0 aromatic rings. The summed E-state index contributed by atoms with van der Waals surface area (Å²) in [6.07, 6.45) is 1.15. The van der Waals surface area contributed by atoms with Gasteiger partial charge in [0, 0.05) is 0 Å². The zero-order chi connectivity index (χ0) is 10.1. The van der Waals surface area contributed by atoms with E-state index in [1.807, 2.05) is 5.01 Å². The Kier molecular flexibility index (Phi) is 12.0. The van der Waals surface area contributed by atoms with Crippen molar-refractivity contribution in [3.8, 4) is 0 Å². The highest BCUT2D eigenvalue weighted by Crippen LogP contribution is 1.85. The minimum Gasteiger partial charge on any atom is -0.218 e. The number of hydrogen-bond donors (Lipinski definition) is 0. The van der Waals surface area contributed by atoms with Crippen LogP contribution in [0.5, 0.6) is 0 Å². The van der Waals surface area contributed by atoms with Crippen LogP contribution in [0.25, 0.3) is 0 Å². The topological polar surface area (TPSA) is 18.6 Å². The Hall–Kier alpha value is -0.530. The van der Waals surface area contributed by atoms with Gasteiger partial charge in [-0.25, -0.2) is 4.58 Å². The quantitative estimate of drug-likeness (QED) is 0.382. The smallest absolute Gasteiger partial charge is 0.218 e. The second kappa shape index (κ2) is 10.6. The van der Waals surface area contributed by atoms with Crippen molar-refractivity contribution in [3.05, 3.63) is 0 Å². The SMILES string of the molecule is CCC[N+](=C=NN(CC)CC)CC.Cl. The van der Waals surface area contributed by atoms with Crippen LogP contribution >= 0.6 is 12.4 Å². The van der Waals surface area contributed by atoms with Crippen molar-refractivity contribution in [2.24, 2.45) is 5.10 Å². The molecule has 0 saturated carbocycles. The Bertz CT molecular complexity index is 182. The maximum atomic E-state index is 4.26. The summed E-state index contributed by atoms with van der Waals surface area (Å²) in [7, 11) is 0. The Morgan fingerprint density at radius 1 is 1.14 bits per heavy atom. The summed E-state index contributed by atoms with van der Waals surface area (Å²) in [5, 5.41) is 6.26. The van der Waals surface area contributed by atoms with Gasteiger partial charge in [-0.15, -0.1) is 12.4 Å². The van der Waals surface area contributed by atoms with Gasteiger partial charge in [0.2, 0.25) is 0 Å². The molecular weight excluding hydrogens is 198 g/mol. The minimum atomic E-state index is 0. The van der Waals surface area contributed by atoms with Crippen LogP contribution in [0, 0.1) is 0 Å². The van der Waals surface area contributed by atoms with Crippen molar-refractivity contribution in [2.75, 3.05) is 26.2 Å². The first-order chi connectivity index (χ1) is 6.28. The summed E-state index contributed by atoms with van der Waals surface area (Å²) >= 11 is 0. The molecule has 0 aromatic heterocycles. The maximum absolute atomic E-state index is 4.26. The first-order valence-corrected chi connectivity index (χ1v) is 5.24. The van der Waals surface area contributed by atoms with E-state index < -0.39 is 0 Å². The van der Waals surface area contributed by atoms with Gasteiger partial charge < -0.3 is 0 Å². The molecule has 0 aliphatic rings. The number of nitrogens with zero attached hydrogens (tertiary/aromatic N) is 3. The van der Waals surface area contributed by atoms with E-state index in [-0.39, 0.29) is 12.4 Å². The van der Waals surface area contributed by atoms with Gasteiger partial charge in [0.1, 0.15) is 0 Å². The molecule has 0 N–H and O–H groups in total. The van der Waals surface area contributed by atoms with Crippen LogP contribution in [0.1, 0.15) is 34.1 Å². The number of hydrogen-bond acceptors (Lipinski definition) is 2. The van der Waals surface area contributed by atoms with Crippen LogP contribution < -0.4 is 0 Å². The molecule has 0 bridgehead atoms. The Morgan fingerprint density at radius 2 is 1.71 bits per heavy atom. The van der Waals surface area contributed by atoms with Gasteiger partial charge in [0.25, 0.3) is 0 Å². The van der Waals surface area contributed by atoms with Crippen molar-refractivity contribution in [1.82, 2.24) is 5.01 Å². The van der Waals surface area contributed by atoms with Gasteiger partial charge in [-0.1, -0.05) is 6.92 Å². The Morgan fingerprint density at radius 3 is 2.07 bits per heavy atom. The van der Waals surface area contributed by atoms with Crippen molar-refractivity contribution in [2.45, 2.75) is 34.1 Å². The lowest BCUT2D eigenvalue weighted by Gasteiger charge is -2.03. The van der Waals surface area contributed by atoms with Crippen LogP contribution in [-0.4, -0.2) is 41.8 Å². The lowest BCUT2D eigenvalue weighted by atomic mass is 10.5. The third kappa shape index (κ3) is 6.93. The van der Waals surface area contributed by atoms with E-state index in [0.717, 1.165) is 32.6 Å². The fourth-order valence-corrected chi connectivity index (χ4v) is 1.04. The summed E-state index contributed by atoms with van der Waals surface area (Å²) in [6.45, 7) is 12.4. The zero-order valence-electron chi connectivity index (χ0n) is 9.79. The fraction of sp³-hybridized carbons (Fsp3) is 0.900. The van der Waals surface area contributed by atoms with Gasteiger partial charge in [-0.3, -0.25) is 0 Å². The lowest BCUT2D eigenvalue weighted by molar-refractivity contribution is -0.518. The standard InChI is InChI=1S/C10H22N3.ClH/c1-5-9-12(6-2)10-11-13(7-3)8-4;/h5-9H2,1-4H3;1H/q+1;. The van der Waals surface area contributed by atoms with Crippen molar-refractivity contribution < 1.29 is 4.58 Å². The lowest BCUT2D eigenvalue weighted by Crippen LogP contribution is -2.17. The van der Waals surface area contributed by atoms with Gasteiger partial charge in [0.05, 0.1) is 31.3 Å². The van der Waals surface area contributed by atoms with Gasteiger partial charge in [0.15, 0.2) is 0 Å². The van der Waals surface area contributed by atoms with Crippen LogP contribution in [0.4, 0.5) is 0 Å². The predicted molar refractivity (Wildman–Crippen MR) is 63.6 cm³/mol. The molecule has 0 fully saturated rings. The molecule has 0 aliphatic carbocycles. The highest BCUT2D eigenvalue weighted by Gasteiger charge is 1.98. The fourth-order valence-electron chi connectivity index (χ4n) is 1.04. The Balaban J connectivity index is 0. The molecule has 0 spiro atoms. The molecular formula is C10H23ClN3+. The van der Waals surface area contributed by atoms with Crippen molar-refractivity contribution in [3.63, 3.8) is 0 Å². The monoisotopic (exact) mass is 220 g/mol. The average Bonchev–Trinajstić information content (AvgIpc) is 2.17. The predicted octanol–water partition coefficient (Wildman–Crippen LogP) is 2.28. The third-order valence-electron chi connectivity index (χ3n) is 1.93. The van der Waals surface area contributed by atoms with Crippen LogP contribution in [-0.2, 0) is 0 Å². The molecule has 0 aromatic carbocycles. The van der Waals surface area contributed by atoms with E-state index in [2.05, 4.69) is 43.4 Å². The highest BCUT2D eigenvalue weighted by atomic mass is 35.5. The van der Waals surface area contributed by atoms with E-state index in [0.29, 0.717) is 0 Å². The molecule has 0 heterocycles. The number of rotatable bonds is 6. The molecule has 0 amide bonds. The third-order valence-corrected chi connectivity index (χ3v) is 1.93. The van der Waals surface area contributed by atoms with E-state index in [4.69, 9.17) is 0 Å². The molecule has 0 atom stereocenters. The Labute approximate surface area is 93.9 Å². The van der Waals surface area contributed by atoms with Gasteiger partial charge >= 0.3 is 6.01 Å². The van der Waals surface area contributed by atoms with E-state index in [1.54, 1.807) is 0 Å². The first kappa shape index (κ1) is 15.9. The largest absolute Gasteiger partial charge is 0.338 e. The normalized spacial score (nSPS) is 8.57. The average molecular weight is 221 g/mol. The van der Waals surface area contributed by atoms with Crippen LogP contribution in [0.3, 0.4) is 0 Å². The molecule has 0 rings (SSSR count). The summed E-state index contributed by atoms with van der Waals surface area (Å²) in [4.78, 5) is 0. The molecule has 0 aliphatic heterocycles. The zero-order valence-corrected chi connectivity index (χ0v) is 10.6. The van der Waals surface area contributed by atoms with Crippen molar-refractivity contribution in [1.29, 1.82) is 0 Å². The molecule has 0 radical (unpaired) electrons. The number of halogens is 1. The summed E-state index contributed by atoms with van der Waals surface area (Å²) in [5.41, 5.74) is 0. The maximum Gasteiger partial charge on any atom is 0.338 e. The summed E-state index contributed by atoms with van der Waals surface area (Å²) < 4.78 is 2.11. The van der Waals surface area contributed by atoms with Crippen molar-refractivity contribution >= 4 is 18.4 Å². The van der Waals surface area contributed by atoms with Crippen LogP contribution in [0.15, 0.2) is 5.10 Å². The first-order valence-electron chi connectivity index (χ1n) is 5.24. The van der Waals surface area contributed by atoms with Gasteiger partial charge in [-0.2, -0.15) is 5.01 Å². The van der Waals surface area contributed by atoms with Gasteiger partial charge in [-0.05, 0) is 27.2 Å². The van der Waals surface area contributed by atoms with Crippen LogP contribution in [0.2, 0.25) is 0 Å². The summed E-state index contributed by atoms with van der Waals surface area (Å²) in [5.74, 6) is 0. The molecule has 0 saturated heterocycles. The van der Waals surface area contributed by atoms with E-state index in [1.165, 1.54) is 0 Å². The highest BCUT2D eigenvalue weighted by molar-refractivity contribution is 5.85. The van der Waals surface area contributed by atoms with E-state index in [9.17, 15) is 0 Å². The second-order valence-electron chi connectivity index (χ2n) is 2.92. The van der Waals surface area contributed by atoms with E-state index >= 15 is 0 Å². The molecule has 4 heteroatoms.